The summed E-state index contributed by atoms with van der Waals surface area (Å²) in [4.78, 5) is 8.44. The van der Waals surface area contributed by atoms with Gasteiger partial charge in [0.25, 0.3) is 0 Å². The molecular formula is C2H2NO2Se. The quantitative estimate of drug-likeness (QED) is 0.343. The molecule has 4 heteroatoms. The fourth-order valence-electron chi connectivity index (χ4n) is 0.171. The zero-order valence-electron chi connectivity index (χ0n) is 2.88. The Balaban J connectivity index is 2.45. The Morgan fingerprint density at radius 3 is 2.83 bits per heavy atom. The molecule has 0 amide bonds. The first-order valence-electron chi connectivity index (χ1n) is 1.42. The van der Waals surface area contributed by atoms with Crippen molar-refractivity contribution in [3.05, 3.63) is 0 Å². The van der Waals surface area contributed by atoms with Gasteiger partial charge in [-0.1, -0.05) is 0 Å². The van der Waals surface area contributed by atoms with E-state index < -0.39 is 0 Å². The Morgan fingerprint density at radius 1 is 1.83 bits per heavy atom. The topological polar surface area (TPSA) is 30.8 Å². The molecule has 1 radical (unpaired) electrons. The minimum absolute atomic E-state index is 0.458. The van der Waals surface area contributed by atoms with E-state index in [2.05, 4.69) is 31.0 Å². The number of hydrogen-bond acceptors (Lipinski definition) is 3. The monoisotopic (exact) mass is 152 g/mol. The van der Waals surface area contributed by atoms with Crippen molar-refractivity contribution in [2.24, 2.45) is 5.16 Å². The second-order valence-electron chi connectivity index (χ2n) is 0.822. The fraction of sp³-hybridized carbons (Fsp3) is 0.500. The molecule has 1 aliphatic rings. The summed E-state index contributed by atoms with van der Waals surface area (Å²) in [6.45, 7) is 0.458. The molecule has 0 unspecified atom stereocenters. The standard InChI is InChI=1S/C2H2NO2Se/c6-2-1-4-5-3-2/h1H2. The van der Waals surface area contributed by atoms with Crippen molar-refractivity contribution in [2.45, 2.75) is 0 Å². The minimum atomic E-state index is 0.458. The second kappa shape index (κ2) is 1.60. The van der Waals surface area contributed by atoms with Crippen LogP contribution in [0.1, 0.15) is 0 Å². The van der Waals surface area contributed by atoms with E-state index in [1.54, 1.807) is 0 Å². The van der Waals surface area contributed by atoms with Gasteiger partial charge >= 0.3 is 42.3 Å². The van der Waals surface area contributed by atoms with Crippen LogP contribution in [-0.4, -0.2) is 27.2 Å². The molecule has 0 fully saturated rings. The van der Waals surface area contributed by atoms with Crippen molar-refractivity contribution in [1.29, 1.82) is 0 Å². The first kappa shape index (κ1) is 4.12. The maximum atomic E-state index is 4.32. The van der Waals surface area contributed by atoms with Crippen LogP contribution in [0.4, 0.5) is 0 Å². The zero-order chi connectivity index (χ0) is 4.41. The van der Waals surface area contributed by atoms with E-state index in [1.165, 1.54) is 0 Å². The third-order valence-electron chi connectivity index (χ3n) is 0.374. The molecule has 3 nitrogen and oxygen atoms in total. The molecule has 0 N–H and O–H groups in total. The van der Waals surface area contributed by atoms with Crippen LogP contribution in [0.3, 0.4) is 0 Å². The molecule has 6 heavy (non-hydrogen) atoms. The molecule has 1 aliphatic heterocycles. The number of rotatable bonds is 0. The summed E-state index contributed by atoms with van der Waals surface area (Å²) in [6.07, 6.45) is 0. The van der Waals surface area contributed by atoms with Crippen LogP contribution in [0.15, 0.2) is 5.16 Å². The van der Waals surface area contributed by atoms with Gasteiger partial charge < -0.3 is 0 Å². The molecule has 0 bridgehead atoms. The maximum absolute atomic E-state index is 4.32. The Hall–Kier alpha value is -0.0505. The van der Waals surface area contributed by atoms with Gasteiger partial charge in [-0.25, -0.2) is 0 Å². The SMILES string of the molecule is [Se]C1=NOOC1. The van der Waals surface area contributed by atoms with Gasteiger partial charge in [-0.3, -0.25) is 0 Å². The first-order chi connectivity index (χ1) is 2.89. The van der Waals surface area contributed by atoms with Gasteiger partial charge in [-0.05, 0) is 0 Å². The van der Waals surface area contributed by atoms with Gasteiger partial charge in [0.1, 0.15) is 0 Å². The number of oxime groups is 1. The average molecular weight is 151 g/mol. The van der Waals surface area contributed by atoms with E-state index in [-0.39, 0.29) is 0 Å². The molecule has 33 valence electrons. The summed E-state index contributed by atoms with van der Waals surface area (Å²) in [5.41, 5.74) is 0. The van der Waals surface area contributed by atoms with Crippen LogP contribution in [0.25, 0.3) is 0 Å². The van der Waals surface area contributed by atoms with Gasteiger partial charge in [-0.15, -0.1) is 0 Å². The molecule has 0 aromatic carbocycles. The van der Waals surface area contributed by atoms with Gasteiger partial charge in [0.2, 0.25) is 0 Å². The van der Waals surface area contributed by atoms with Gasteiger partial charge in [0, 0.05) is 0 Å². The van der Waals surface area contributed by atoms with E-state index >= 15 is 0 Å². The van der Waals surface area contributed by atoms with E-state index in [0.29, 0.717) is 6.61 Å². The number of hydrogen-bond donors (Lipinski definition) is 0. The third kappa shape index (κ3) is 0.711. The molecule has 0 aliphatic carbocycles. The second-order valence-corrected chi connectivity index (χ2v) is 1.81. The van der Waals surface area contributed by atoms with Gasteiger partial charge in [0.05, 0.1) is 0 Å². The van der Waals surface area contributed by atoms with Crippen LogP contribution in [0.5, 0.6) is 0 Å². The number of nitrogens with zero attached hydrogens (tertiary/aromatic N) is 1. The van der Waals surface area contributed by atoms with Crippen molar-refractivity contribution < 1.29 is 9.88 Å². The van der Waals surface area contributed by atoms with Crippen LogP contribution < -0.4 is 0 Å². The Labute approximate surface area is 43.0 Å². The Morgan fingerprint density at radius 2 is 2.67 bits per heavy atom. The van der Waals surface area contributed by atoms with Crippen LogP contribution in [-0.2, 0) is 9.88 Å². The van der Waals surface area contributed by atoms with Gasteiger partial charge in [-0.2, -0.15) is 0 Å². The summed E-state index contributed by atoms with van der Waals surface area (Å²) in [5, 5.41) is 3.38. The molecule has 0 aromatic heterocycles. The van der Waals surface area contributed by atoms with Gasteiger partial charge in [0.15, 0.2) is 0 Å². The Kier molecular flexibility index (Phi) is 1.10. The van der Waals surface area contributed by atoms with Crippen molar-refractivity contribution in [3.63, 3.8) is 0 Å². The average Bonchev–Trinajstić information content (AvgIpc) is 1.86. The van der Waals surface area contributed by atoms with Crippen molar-refractivity contribution in [1.82, 2.24) is 0 Å². The molecule has 0 atom stereocenters. The molecule has 1 rings (SSSR count). The van der Waals surface area contributed by atoms with Crippen molar-refractivity contribution >= 4 is 20.6 Å². The molecule has 0 spiro atoms. The summed E-state index contributed by atoms with van der Waals surface area (Å²) < 4.78 is 0.759. The normalized spacial score (nSPS) is 19.7. The molecule has 1 heterocycles. The Bertz CT molecular complexity index is 81.6. The fourth-order valence-corrected chi connectivity index (χ4v) is 0.336. The molecule has 0 saturated heterocycles. The summed E-state index contributed by atoms with van der Waals surface area (Å²) in [5.74, 6) is 0. The van der Waals surface area contributed by atoms with Crippen molar-refractivity contribution in [3.8, 4) is 0 Å². The molecular weight excluding hydrogens is 149 g/mol. The predicted molar refractivity (Wildman–Crippen MR) is 20.2 cm³/mol. The van der Waals surface area contributed by atoms with E-state index in [9.17, 15) is 0 Å². The van der Waals surface area contributed by atoms with Crippen molar-refractivity contribution in [2.75, 3.05) is 6.61 Å². The molecule has 0 saturated carbocycles. The first-order valence-corrected chi connectivity index (χ1v) is 2.28. The van der Waals surface area contributed by atoms with E-state index in [4.69, 9.17) is 0 Å². The third-order valence-corrected chi connectivity index (χ3v) is 0.778. The zero-order valence-corrected chi connectivity index (χ0v) is 4.59. The summed E-state index contributed by atoms with van der Waals surface area (Å²) in [6, 6.07) is 0. The van der Waals surface area contributed by atoms with Crippen LogP contribution >= 0.6 is 0 Å². The van der Waals surface area contributed by atoms with E-state index in [1.807, 2.05) is 0 Å². The van der Waals surface area contributed by atoms with E-state index in [0.717, 1.165) is 4.61 Å². The summed E-state index contributed by atoms with van der Waals surface area (Å²) in [7, 11) is 0. The molecule has 0 aromatic rings. The predicted octanol–water partition coefficient (Wildman–Crippen LogP) is -0.570. The summed E-state index contributed by atoms with van der Waals surface area (Å²) >= 11 is 2.64. The van der Waals surface area contributed by atoms with Crippen LogP contribution in [0, 0.1) is 0 Å². The van der Waals surface area contributed by atoms with Crippen LogP contribution in [0.2, 0.25) is 0 Å².